The molecule has 1 aromatic heterocycles. The lowest BCUT2D eigenvalue weighted by Gasteiger charge is -2.18. The second-order valence-corrected chi connectivity index (χ2v) is 11.8. The maximum atomic E-state index is 14.1. The van der Waals surface area contributed by atoms with Crippen molar-refractivity contribution in [2.24, 2.45) is 11.7 Å². The average molecular weight is 627 g/mol. The van der Waals surface area contributed by atoms with Crippen LogP contribution in [-0.2, 0) is 11.2 Å². The largest absolute Gasteiger partial charge is 0.496 e. The van der Waals surface area contributed by atoms with Crippen LogP contribution in [0, 0.1) is 11.3 Å². The summed E-state index contributed by atoms with van der Waals surface area (Å²) >= 11 is 1.56. The first-order chi connectivity index (χ1) is 21.6. The number of methoxy groups -OCH3 is 2. The van der Waals surface area contributed by atoms with Crippen molar-refractivity contribution >= 4 is 40.6 Å². The number of nitrogens with one attached hydrogen (secondary N) is 3. The Hall–Kier alpha value is -5.16. The van der Waals surface area contributed by atoms with E-state index in [1.807, 2.05) is 25.3 Å². The number of thiophene rings is 1. The van der Waals surface area contributed by atoms with E-state index in [1.165, 1.54) is 20.3 Å². The van der Waals surface area contributed by atoms with Gasteiger partial charge in [-0.15, -0.1) is 11.3 Å². The molecular formula is C34H34N4O6S. The van der Waals surface area contributed by atoms with Crippen molar-refractivity contribution < 1.29 is 28.6 Å². The van der Waals surface area contributed by atoms with Crippen LogP contribution in [0.1, 0.15) is 56.0 Å². The molecule has 2 heterocycles. The van der Waals surface area contributed by atoms with Gasteiger partial charge in [0.15, 0.2) is 0 Å². The van der Waals surface area contributed by atoms with E-state index in [1.54, 1.807) is 53.8 Å². The molecule has 45 heavy (non-hydrogen) atoms. The summed E-state index contributed by atoms with van der Waals surface area (Å²) in [5.74, 6) is -0.448. The Morgan fingerprint density at radius 2 is 1.76 bits per heavy atom. The molecule has 10 nitrogen and oxygen atoms in total. The van der Waals surface area contributed by atoms with Crippen LogP contribution in [0.3, 0.4) is 0 Å². The summed E-state index contributed by atoms with van der Waals surface area (Å²) in [4.78, 5) is 41.1. The van der Waals surface area contributed by atoms with E-state index in [0.29, 0.717) is 53.4 Å². The number of carbonyl (C=O) groups is 3. The van der Waals surface area contributed by atoms with Gasteiger partial charge in [-0.25, -0.2) is 4.79 Å². The Labute approximate surface area is 265 Å². The molecular weight excluding hydrogens is 592 g/mol. The normalized spacial score (nSPS) is 11.8. The van der Waals surface area contributed by atoms with Gasteiger partial charge >= 0.3 is 5.97 Å². The number of carbonyl (C=O) groups excluding carboxylic acids is 3. The third kappa shape index (κ3) is 6.53. The molecule has 0 saturated heterocycles. The number of esters is 1. The predicted molar refractivity (Wildman–Crippen MR) is 175 cm³/mol. The Bertz CT molecular complexity index is 1810. The minimum atomic E-state index is -0.657. The molecule has 0 spiro atoms. The van der Waals surface area contributed by atoms with Crippen LogP contribution < -0.4 is 25.8 Å². The van der Waals surface area contributed by atoms with Crippen molar-refractivity contribution in [1.29, 1.82) is 5.41 Å². The van der Waals surface area contributed by atoms with Crippen molar-refractivity contribution in [3.63, 3.8) is 0 Å². The summed E-state index contributed by atoms with van der Waals surface area (Å²) in [6.45, 7) is 4.90. The lowest BCUT2D eigenvalue weighted by atomic mass is 9.91. The van der Waals surface area contributed by atoms with Gasteiger partial charge in [-0.05, 0) is 70.5 Å². The van der Waals surface area contributed by atoms with Crippen molar-refractivity contribution in [3.05, 3.63) is 87.8 Å². The molecule has 4 aromatic rings. The number of nitrogen functional groups attached to an aromatic ring is 1. The van der Waals surface area contributed by atoms with Gasteiger partial charge in [-0.3, -0.25) is 15.0 Å². The van der Waals surface area contributed by atoms with E-state index in [2.05, 4.69) is 10.6 Å². The summed E-state index contributed by atoms with van der Waals surface area (Å²) in [5.41, 5.74) is 9.89. The molecule has 2 amide bonds. The first-order valence-corrected chi connectivity index (χ1v) is 15.2. The third-order valence-electron chi connectivity index (χ3n) is 7.38. The minimum Gasteiger partial charge on any atom is -0.496 e. The van der Waals surface area contributed by atoms with Gasteiger partial charge in [0.05, 0.1) is 32.0 Å². The number of hydrogen-bond donors (Lipinski definition) is 4. The molecule has 0 aliphatic carbocycles. The topological polar surface area (TPSA) is 153 Å². The number of fused-ring (bicyclic) bond motifs is 3. The van der Waals surface area contributed by atoms with E-state index in [-0.39, 0.29) is 34.4 Å². The Morgan fingerprint density at radius 3 is 2.47 bits per heavy atom. The SMILES string of the molecule is COC(=O)c1cc(C(=O)NCC(C)C)ccc1-c1cc2c(cc1C(=O)Nc1ccc(C(=N)N)c(OC)c1)-c1sccc1CCO2. The summed E-state index contributed by atoms with van der Waals surface area (Å²) in [6.07, 6.45) is 0.709. The van der Waals surface area contributed by atoms with E-state index >= 15 is 0 Å². The van der Waals surface area contributed by atoms with Crippen LogP contribution >= 0.6 is 11.3 Å². The third-order valence-corrected chi connectivity index (χ3v) is 8.37. The molecule has 232 valence electrons. The van der Waals surface area contributed by atoms with Crippen LogP contribution in [0.25, 0.3) is 21.6 Å². The van der Waals surface area contributed by atoms with E-state index in [4.69, 9.17) is 25.4 Å². The van der Waals surface area contributed by atoms with Crippen molar-refractivity contribution in [2.45, 2.75) is 20.3 Å². The fourth-order valence-corrected chi connectivity index (χ4v) is 6.09. The quantitative estimate of drug-likeness (QED) is 0.105. The van der Waals surface area contributed by atoms with Crippen LogP contribution in [0.4, 0.5) is 5.69 Å². The molecule has 1 aliphatic rings. The fraction of sp³-hybridized carbons (Fsp3) is 0.235. The van der Waals surface area contributed by atoms with Crippen LogP contribution in [-0.4, -0.2) is 51.0 Å². The average Bonchev–Trinajstić information content (AvgIpc) is 3.43. The predicted octanol–water partition coefficient (Wildman–Crippen LogP) is 5.73. The molecule has 0 unspecified atom stereocenters. The number of amidine groups is 1. The highest BCUT2D eigenvalue weighted by Crippen LogP contribution is 2.43. The molecule has 11 heteroatoms. The van der Waals surface area contributed by atoms with Gasteiger partial charge in [0.1, 0.15) is 17.3 Å². The van der Waals surface area contributed by atoms with E-state index in [9.17, 15) is 14.4 Å². The van der Waals surface area contributed by atoms with Crippen molar-refractivity contribution in [3.8, 4) is 33.1 Å². The summed E-state index contributed by atoms with van der Waals surface area (Å²) in [6, 6.07) is 15.1. The smallest absolute Gasteiger partial charge is 0.338 e. The standard InChI is InChI=1S/C34H34N4O6S/c1-18(2)17-37-32(39)20-5-7-22(26(13-20)34(41)43-4)24-16-29-27(30-19(9-11-44-29)10-12-45-30)15-25(24)33(40)38-21-6-8-23(31(35)36)28(14-21)42-3/h5-8,10,12-16,18H,9,11,17H2,1-4H3,(H3,35,36)(H,37,39)(H,38,40). The van der Waals surface area contributed by atoms with Gasteiger partial charge in [-0.2, -0.15) is 0 Å². The highest BCUT2D eigenvalue weighted by molar-refractivity contribution is 7.13. The fourth-order valence-electron chi connectivity index (χ4n) is 5.12. The maximum absolute atomic E-state index is 14.1. The van der Waals surface area contributed by atoms with Gasteiger partial charge in [0.2, 0.25) is 0 Å². The zero-order valence-corrected chi connectivity index (χ0v) is 26.2. The number of rotatable bonds is 9. The van der Waals surface area contributed by atoms with Gasteiger partial charge in [-0.1, -0.05) is 19.9 Å². The first kappa shape index (κ1) is 31.3. The molecule has 0 radical (unpaired) electrons. The molecule has 5 N–H and O–H groups in total. The molecule has 0 saturated carbocycles. The zero-order valence-electron chi connectivity index (χ0n) is 25.4. The molecule has 0 fully saturated rings. The number of amides is 2. The highest BCUT2D eigenvalue weighted by Gasteiger charge is 2.26. The van der Waals surface area contributed by atoms with Crippen LogP contribution in [0.5, 0.6) is 11.5 Å². The Morgan fingerprint density at radius 1 is 0.956 bits per heavy atom. The Balaban J connectivity index is 1.66. The maximum Gasteiger partial charge on any atom is 0.338 e. The first-order valence-electron chi connectivity index (χ1n) is 14.3. The van der Waals surface area contributed by atoms with Crippen molar-refractivity contribution in [1.82, 2.24) is 5.32 Å². The molecule has 0 atom stereocenters. The summed E-state index contributed by atoms with van der Waals surface area (Å²) in [5, 5.41) is 15.6. The lowest BCUT2D eigenvalue weighted by molar-refractivity contribution is 0.0601. The number of benzene rings is 3. The minimum absolute atomic E-state index is 0.126. The second kappa shape index (κ2) is 13.2. The van der Waals surface area contributed by atoms with Gasteiger partial charge in [0.25, 0.3) is 11.8 Å². The van der Waals surface area contributed by atoms with E-state index in [0.717, 1.165) is 16.0 Å². The van der Waals surface area contributed by atoms with Crippen molar-refractivity contribution in [2.75, 3.05) is 32.7 Å². The lowest BCUT2D eigenvalue weighted by Crippen LogP contribution is -2.27. The molecule has 5 rings (SSSR count). The number of ether oxygens (including phenoxy) is 3. The summed E-state index contributed by atoms with van der Waals surface area (Å²) < 4.78 is 16.7. The number of hydrogen-bond acceptors (Lipinski definition) is 8. The number of anilines is 1. The summed E-state index contributed by atoms with van der Waals surface area (Å²) in [7, 11) is 2.72. The highest BCUT2D eigenvalue weighted by atomic mass is 32.1. The second-order valence-electron chi connectivity index (χ2n) is 10.9. The van der Waals surface area contributed by atoms with Crippen LogP contribution in [0.2, 0.25) is 0 Å². The number of nitrogens with two attached hydrogens (primary N) is 1. The van der Waals surface area contributed by atoms with Gasteiger partial charge in [0, 0.05) is 46.3 Å². The molecule has 0 bridgehead atoms. The molecule has 1 aliphatic heterocycles. The Kier molecular flexibility index (Phi) is 9.19. The monoisotopic (exact) mass is 626 g/mol. The van der Waals surface area contributed by atoms with Crippen LogP contribution in [0.15, 0.2) is 60.0 Å². The van der Waals surface area contributed by atoms with Gasteiger partial charge < -0.3 is 30.6 Å². The van der Waals surface area contributed by atoms with E-state index < -0.39 is 11.9 Å². The zero-order chi connectivity index (χ0) is 32.2. The molecule has 3 aromatic carbocycles.